The monoisotopic (exact) mass is 363 g/mol. The van der Waals surface area contributed by atoms with Crippen molar-refractivity contribution in [3.05, 3.63) is 97.1 Å². The van der Waals surface area contributed by atoms with Crippen LogP contribution >= 0.6 is 0 Å². The molecule has 5 rings (SSSR count). The fourth-order valence-electron chi connectivity index (χ4n) is 3.35. The molecule has 4 aromatic carbocycles. The molecular weight excluding hydrogens is 346 g/mol. The van der Waals surface area contributed by atoms with E-state index in [-0.39, 0.29) is 5.75 Å². The van der Waals surface area contributed by atoms with Gasteiger partial charge in [-0.25, -0.2) is 9.67 Å². The number of hydrogen-bond donors (Lipinski definition) is 1. The first-order valence-electron chi connectivity index (χ1n) is 9.10. The Labute approximate surface area is 162 Å². The molecule has 0 fully saturated rings. The van der Waals surface area contributed by atoms with Crippen LogP contribution in [0.3, 0.4) is 0 Å². The highest BCUT2D eigenvalue weighted by Crippen LogP contribution is 2.31. The highest BCUT2D eigenvalue weighted by Gasteiger charge is 2.17. The van der Waals surface area contributed by atoms with E-state index in [0.717, 1.165) is 16.6 Å². The van der Waals surface area contributed by atoms with Crippen molar-refractivity contribution in [3.63, 3.8) is 0 Å². The zero-order chi connectivity index (χ0) is 18.9. The van der Waals surface area contributed by atoms with Gasteiger partial charge in [0.2, 0.25) is 0 Å². The smallest absolute Gasteiger partial charge is 0.182 e. The van der Waals surface area contributed by atoms with Gasteiger partial charge in [0.15, 0.2) is 11.6 Å². The molecule has 0 aliphatic heterocycles. The van der Waals surface area contributed by atoms with Crippen LogP contribution in [0.1, 0.15) is 0 Å². The Morgan fingerprint density at radius 3 is 2.21 bits per heavy atom. The number of aromatic nitrogens is 3. The maximum absolute atomic E-state index is 10.4. The number of aromatic hydroxyl groups is 1. The molecule has 4 nitrogen and oxygen atoms in total. The summed E-state index contributed by atoms with van der Waals surface area (Å²) in [5.74, 6) is 1.40. The molecule has 0 spiro atoms. The van der Waals surface area contributed by atoms with Crippen molar-refractivity contribution in [3.8, 4) is 34.2 Å². The van der Waals surface area contributed by atoms with Gasteiger partial charge in [-0.05, 0) is 35.0 Å². The van der Waals surface area contributed by atoms with Crippen LogP contribution in [0.2, 0.25) is 0 Å². The third-order valence-electron chi connectivity index (χ3n) is 4.76. The van der Waals surface area contributed by atoms with Gasteiger partial charge in [0.1, 0.15) is 5.75 Å². The van der Waals surface area contributed by atoms with Gasteiger partial charge in [0.05, 0.1) is 11.3 Å². The first-order chi connectivity index (χ1) is 13.8. The lowest BCUT2D eigenvalue weighted by Gasteiger charge is -2.08. The van der Waals surface area contributed by atoms with Crippen LogP contribution in [0.4, 0.5) is 0 Å². The quantitative estimate of drug-likeness (QED) is 0.463. The van der Waals surface area contributed by atoms with E-state index in [0.29, 0.717) is 17.2 Å². The van der Waals surface area contributed by atoms with Crippen molar-refractivity contribution in [2.45, 2.75) is 0 Å². The third-order valence-corrected chi connectivity index (χ3v) is 4.76. The lowest BCUT2D eigenvalue weighted by atomic mass is 10.1. The Kier molecular flexibility index (Phi) is 3.87. The zero-order valence-electron chi connectivity index (χ0n) is 15.0. The number of nitrogens with zero attached hydrogens (tertiary/aromatic N) is 3. The van der Waals surface area contributed by atoms with E-state index in [1.165, 1.54) is 5.39 Å². The normalized spacial score (nSPS) is 11.0. The fourth-order valence-corrected chi connectivity index (χ4v) is 3.35. The highest BCUT2D eigenvalue weighted by molar-refractivity contribution is 5.84. The molecular formula is C24H17N3O. The van der Waals surface area contributed by atoms with Crippen molar-refractivity contribution in [1.82, 2.24) is 14.8 Å². The van der Waals surface area contributed by atoms with Crippen molar-refractivity contribution in [1.29, 1.82) is 0 Å². The molecule has 0 unspecified atom stereocenters. The van der Waals surface area contributed by atoms with Crippen molar-refractivity contribution >= 4 is 10.8 Å². The van der Waals surface area contributed by atoms with E-state index < -0.39 is 0 Å². The van der Waals surface area contributed by atoms with E-state index >= 15 is 0 Å². The van der Waals surface area contributed by atoms with Gasteiger partial charge in [-0.15, -0.1) is 5.10 Å². The van der Waals surface area contributed by atoms with Crippen LogP contribution in [-0.4, -0.2) is 19.9 Å². The minimum atomic E-state index is 0.177. The topological polar surface area (TPSA) is 50.9 Å². The molecule has 5 aromatic rings. The van der Waals surface area contributed by atoms with Crippen LogP contribution < -0.4 is 0 Å². The predicted octanol–water partition coefficient (Wildman–Crippen LogP) is 5.46. The van der Waals surface area contributed by atoms with Gasteiger partial charge < -0.3 is 5.11 Å². The largest absolute Gasteiger partial charge is 0.507 e. The maximum atomic E-state index is 10.4. The number of phenols is 1. The number of benzene rings is 4. The van der Waals surface area contributed by atoms with E-state index in [1.807, 2.05) is 60.7 Å². The lowest BCUT2D eigenvalue weighted by molar-refractivity contribution is 0.476. The Morgan fingerprint density at radius 1 is 0.679 bits per heavy atom. The fraction of sp³-hybridized carbons (Fsp3) is 0. The first kappa shape index (κ1) is 16.3. The van der Waals surface area contributed by atoms with Gasteiger partial charge in [-0.1, -0.05) is 72.8 Å². The van der Waals surface area contributed by atoms with Crippen LogP contribution in [0, 0.1) is 0 Å². The van der Waals surface area contributed by atoms with Crippen molar-refractivity contribution < 1.29 is 5.11 Å². The summed E-state index contributed by atoms with van der Waals surface area (Å²) in [6.07, 6.45) is 0. The van der Waals surface area contributed by atoms with Crippen LogP contribution in [0.15, 0.2) is 97.1 Å². The van der Waals surface area contributed by atoms with Crippen molar-refractivity contribution in [2.24, 2.45) is 0 Å². The zero-order valence-corrected chi connectivity index (χ0v) is 15.0. The summed E-state index contributed by atoms with van der Waals surface area (Å²) in [7, 11) is 0. The standard InChI is InChI=1S/C24H17N3O/c28-22-13-7-6-12-21(22)24-25-23(18-9-2-1-3-10-18)26-27(24)20-15-14-17-8-4-5-11-19(17)16-20/h1-16,28H. The number of rotatable bonds is 3. The van der Waals surface area contributed by atoms with E-state index in [4.69, 9.17) is 10.1 Å². The Hall–Kier alpha value is -3.92. The summed E-state index contributed by atoms with van der Waals surface area (Å²) in [5, 5.41) is 17.5. The molecule has 0 saturated heterocycles. The molecule has 0 amide bonds. The summed E-state index contributed by atoms with van der Waals surface area (Å²) in [5.41, 5.74) is 2.47. The van der Waals surface area contributed by atoms with Gasteiger partial charge in [-0.2, -0.15) is 0 Å². The van der Waals surface area contributed by atoms with E-state index in [1.54, 1.807) is 16.8 Å². The molecule has 1 N–H and O–H groups in total. The molecule has 0 bridgehead atoms. The molecule has 1 heterocycles. The van der Waals surface area contributed by atoms with Gasteiger partial charge in [0, 0.05) is 5.56 Å². The highest BCUT2D eigenvalue weighted by atomic mass is 16.3. The first-order valence-corrected chi connectivity index (χ1v) is 9.10. The summed E-state index contributed by atoms with van der Waals surface area (Å²) in [6, 6.07) is 31.4. The molecule has 0 radical (unpaired) electrons. The van der Waals surface area contributed by atoms with Gasteiger partial charge >= 0.3 is 0 Å². The predicted molar refractivity (Wildman–Crippen MR) is 111 cm³/mol. The summed E-state index contributed by atoms with van der Waals surface area (Å²) < 4.78 is 1.80. The molecule has 0 aliphatic rings. The second kappa shape index (κ2) is 6.67. The molecule has 134 valence electrons. The maximum Gasteiger partial charge on any atom is 0.182 e. The van der Waals surface area contributed by atoms with Crippen LogP contribution in [-0.2, 0) is 0 Å². The molecule has 0 saturated carbocycles. The Bertz CT molecular complexity index is 1280. The average Bonchev–Trinajstić information content (AvgIpc) is 3.19. The Morgan fingerprint density at radius 2 is 1.39 bits per heavy atom. The number of para-hydroxylation sites is 1. The number of fused-ring (bicyclic) bond motifs is 1. The number of hydrogen-bond acceptors (Lipinski definition) is 3. The molecule has 1 aromatic heterocycles. The van der Waals surface area contributed by atoms with Gasteiger partial charge in [0.25, 0.3) is 0 Å². The van der Waals surface area contributed by atoms with E-state index in [2.05, 4.69) is 24.3 Å². The molecule has 0 aliphatic carbocycles. The van der Waals surface area contributed by atoms with E-state index in [9.17, 15) is 5.11 Å². The van der Waals surface area contributed by atoms with Gasteiger partial charge in [-0.3, -0.25) is 0 Å². The summed E-state index contributed by atoms with van der Waals surface area (Å²) >= 11 is 0. The minimum absolute atomic E-state index is 0.177. The SMILES string of the molecule is Oc1ccccc1-c1nc(-c2ccccc2)nn1-c1ccc2ccccc2c1. The summed E-state index contributed by atoms with van der Waals surface area (Å²) in [4.78, 5) is 4.76. The Balaban J connectivity index is 1.75. The second-order valence-electron chi connectivity index (χ2n) is 6.59. The molecule has 28 heavy (non-hydrogen) atoms. The minimum Gasteiger partial charge on any atom is -0.507 e. The average molecular weight is 363 g/mol. The third kappa shape index (κ3) is 2.81. The molecule has 0 atom stereocenters. The van der Waals surface area contributed by atoms with Crippen LogP contribution in [0.25, 0.3) is 39.2 Å². The number of phenolic OH excluding ortho intramolecular Hbond substituents is 1. The van der Waals surface area contributed by atoms with Crippen molar-refractivity contribution in [2.75, 3.05) is 0 Å². The van der Waals surface area contributed by atoms with Crippen LogP contribution in [0.5, 0.6) is 5.75 Å². The summed E-state index contributed by atoms with van der Waals surface area (Å²) in [6.45, 7) is 0. The molecule has 4 heteroatoms. The lowest BCUT2D eigenvalue weighted by Crippen LogP contribution is -2.00. The second-order valence-corrected chi connectivity index (χ2v) is 6.59.